The number of aromatic nitrogens is 2. The minimum absolute atomic E-state index is 0.0973. The molecule has 0 spiro atoms. The molecule has 0 amide bonds. The van der Waals surface area contributed by atoms with E-state index in [2.05, 4.69) is 5.10 Å². The third kappa shape index (κ3) is 2.03. The van der Waals surface area contributed by atoms with Crippen molar-refractivity contribution in [2.45, 2.75) is 0 Å². The number of carboxylic acid groups (broad SMARTS) is 1. The third-order valence-electron chi connectivity index (χ3n) is 1.96. The van der Waals surface area contributed by atoms with Crippen molar-refractivity contribution in [2.75, 3.05) is 0 Å². The summed E-state index contributed by atoms with van der Waals surface area (Å²) in [6.07, 6.45) is 0. The molecule has 0 atom stereocenters. The van der Waals surface area contributed by atoms with Gasteiger partial charge < -0.3 is 5.11 Å². The zero-order chi connectivity index (χ0) is 11.7. The van der Waals surface area contributed by atoms with Gasteiger partial charge in [0.2, 0.25) is 0 Å². The number of carbonyl (C=O) groups is 1. The van der Waals surface area contributed by atoms with Gasteiger partial charge in [-0.2, -0.15) is 5.10 Å². The summed E-state index contributed by atoms with van der Waals surface area (Å²) < 4.78 is 1.33. The Morgan fingerprint density at radius 3 is 2.38 bits per heavy atom. The number of rotatable bonds is 2. The normalized spacial score (nSPS) is 10.4. The second-order valence-corrected chi connectivity index (χ2v) is 3.87. The zero-order valence-corrected chi connectivity index (χ0v) is 9.40. The Morgan fingerprint density at radius 2 is 1.88 bits per heavy atom. The number of aromatic carboxylic acids is 1. The topological polar surface area (TPSA) is 55.1 Å². The first kappa shape index (κ1) is 11.0. The van der Waals surface area contributed by atoms with Crippen molar-refractivity contribution in [1.82, 2.24) is 9.78 Å². The van der Waals surface area contributed by atoms with Crippen molar-refractivity contribution in [2.24, 2.45) is 0 Å². The van der Waals surface area contributed by atoms with Crippen molar-refractivity contribution in [1.29, 1.82) is 0 Å². The lowest BCUT2D eigenvalue weighted by Crippen LogP contribution is -2.01. The van der Waals surface area contributed by atoms with Crippen LogP contribution < -0.4 is 0 Å². The van der Waals surface area contributed by atoms with E-state index in [1.54, 1.807) is 24.3 Å². The summed E-state index contributed by atoms with van der Waals surface area (Å²) in [5, 5.41) is 13.4. The van der Waals surface area contributed by atoms with Crippen molar-refractivity contribution >= 4 is 29.2 Å². The number of carboxylic acids is 1. The van der Waals surface area contributed by atoms with E-state index in [1.165, 1.54) is 10.7 Å². The molecular formula is C10H6Cl2N2O2. The van der Waals surface area contributed by atoms with Crippen molar-refractivity contribution in [3.8, 4) is 5.69 Å². The lowest BCUT2D eigenvalue weighted by Gasteiger charge is -2.02. The van der Waals surface area contributed by atoms with Gasteiger partial charge in [-0.25, -0.2) is 9.48 Å². The van der Waals surface area contributed by atoms with Gasteiger partial charge in [-0.3, -0.25) is 0 Å². The molecule has 0 unspecified atom stereocenters. The fourth-order valence-electron chi connectivity index (χ4n) is 1.23. The van der Waals surface area contributed by atoms with Crippen LogP contribution in [-0.2, 0) is 0 Å². The van der Waals surface area contributed by atoms with E-state index in [1.807, 2.05) is 0 Å². The number of halogens is 2. The molecule has 1 heterocycles. The number of hydrogen-bond acceptors (Lipinski definition) is 2. The fraction of sp³-hybridized carbons (Fsp3) is 0. The highest BCUT2D eigenvalue weighted by atomic mass is 35.5. The van der Waals surface area contributed by atoms with E-state index < -0.39 is 5.97 Å². The van der Waals surface area contributed by atoms with Gasteiger partial charge in [-0.15, -0.1) is 0 Å². The minimum Gasteiger partial charge on any atom is -0.476 e. The van der Waals surface area contributed by atoms with Crippen LogP contribution in [-0.4, -0.2) is 20.9 Å². The van der Waals surface area contributed by atoms with Gasteiger partial charge in [0.25, 0.3) is 0 Å². The monoisotopic (exact) mass is 256 g/mol. The molecule has 16 heavy (non-hydrogen) atoms. The summed E-state index contributed by atoms with van der Waals surface area (Å²) in [4.78, 5) is 10.7. The molecule has 6 heteroatoms. The van der Waals surface area contributed by atoms with Crippen molar-refractivity contribution in [3.05, 3.63) is 46.2 Å². The van der Waals surface area contributed by atoms with Crippen LogP contribution in [0, 0.1) is 0 Å². The number of benzene rings is 1. The van der Waals surface area contributed by atoms with Crippen LogP contribution in [0.1, 0.15) is 10.5 Å². The van der Waals surface area contributed by atoms with Gasteiger partial charge in [0.15, 0.2) is 5.69 Å². The van der Waals surface area contributed by atoms with E-state index in [0.29, 0.717) is 10.7 Å². The molecule has 0 aliphatic carbocycles. The molecule has 0 radical (unpaired) electrons. The Kier molecular flexibility index (Phi) is 2.85. The highest BCUT2D eigenvalue weighted by Gasteiger charge is 2.12. The molecule has 0 aliphatic heterocycles. The minimum atomic E-state index is -1.12. The van der Waals surface area contributed by atoms with E-state index in [-0.39, 0.29) is 10.8 Å². The molecule has 0 aliphatic rings. The van der Waals surface area contributed by atoms with Gasteiger partial charge in [-0.05, 0) is 24.3 Å². The van der Waals surface area contributed by atoms with E-state index in [0.717, 1.165) is 0 Å². The van der Waals surface area contributed by atoms with Crippen LogP contribution in [0.25, 0.3) is 5.69 Å². The van der Waals surface area contributed by atoms with Gasteiger partial charge in [0, 0.05) is 11.1 Å². The first-order valence-corrected chi connectivity index (χ1v) is 5.08. The smallest absolute Gasteiger partial charge is 0.356 e. The van der Waals surface area contributed by atoms with Gasteiger partial charge in [0.05, 0.1) is 5.69 Å². The summed E-state index contributed by atoms with van der Waals surface area (Å²) >= 11 is 11.6. The standard InChI is InChI=1S/C10H6Cl2N2O2/c11-6-1-3-7(4-2-6)14-9(12)5-8(13-14)10(15)16/h1-5H,(H,15,16). The highest BCUT2D eigenvalue weighted by Crippen LogP contribution is 2.19. The number of hydrogen-bond donors (Lipinski definition) is 1. The average Bonchev–Trinajstić information content (AvgIpc) is 2.62. The first-order valence-electron chi connectivity index (χ1n) is 4.33. The molecule has 0 saturated heterocycles. The van der Waals surface area contributed by atoms with Crippen LogP contribution in [0.5, 0.6) is 0 Å². The molecule has 0 saturated carbocycles. The van der Waals surface area contributed by atoms with Crippen LogP contribution in [0.15, 0.2) is 30.3 Å². The Labute approximate surface area is 101 Å². The summed E-state index contributed by atoms with van der Waals surface area (Å²) in [7, 11) is 0. The molecule has 0 bridgehead atoms. The molecular weight excluding hydrogens is 251 g/mol. The summed E-state index contributed by atoms with van der Waals surface area (Å²) in [5.41, 5.74) is 0.557. The predicted molar refractivity (Wildman–Crippen MR) is 60.5 cm³/mol. The first-order chi connectivity index (χ1) is 7.58. The Morgan fingerprint density at radius 1 is 1.25 bits per heavy atom. The SMILES string of the molecule is O=C(O)c1cc(Cl)n(-c2ccc(Cl)cc2)n1. The van der Waals surface area contributed by atoms with Crippen molar-refractivity contribution < 1.29 is 9.90 Å². The lowest BCUT2D eigenvalue weighted by molar-refractivity contribution is 0.0690. The number of nitrogens with zero attached hydrogens (tertiary/aromatic N) is 2. The third-order valence-corrected chi connectivity index (χ3v) is 2.48. The molecule has 0 fully saturated rings. The van der Waals surface area contributed by atoms with Crippen molar-refractivity contribution in [3.63, 3.8) is 0 Å². The maximum atomic E-state index is 10.7. The lowest BCUT2D eigenvalue weighted by atomic mass is 10.3. The maximum absolute atomic E-state index is 10.7. The van der Waals surface area contributed by atoms with E-state index in [4.69, 9.17) is 28.3 Å². The predicted octanol–water partition coefficient (Wildman–Crippen LogP) is 2.88. The van der Waals surface area contributed by atoms with Gasteiger partial charge in [0.1, 0.15) is 5.15 Å². The molecule has 2 aromatic rings. The van der Waals surface area contributed by atoms with Crippen LogP contribution in [0.2, 0.25) is 10.2 Å². The van der Waals surface area contributed by atoms with E-state index in [9.17, 15) is 4.79 Å². The van der Waals surface area contributed by atoms with Crippen LogP contribution in [0.4, 0.5) is 0 Å². The molecule has 82 valence electrons. The second kappa shape index (κ2) is 4.15. The molecule has 1 aromatic carbocycles. The van der Waals surface area contributed by atoms with Crippen LogP contribution >= 0.6 is 23.2 Å². The van der Waals surface area contributed by atoms with Gasteiger partial charge >= 0.3 is 5.97 Å². The molecule has 4 nitrogen and oxygen atoms in total. The Bertz CT molecular complexity index is 534. The molecule has 1 N–H and O–H groups in total. The fourth-order valence-corrected chi connectivity index (χ4v) is 1.59. The Hall–Kier alpha value is -1.52. The summed E-state index contributed by atoms with van der Waals surface area (Å²) in [5.74, 6) is -1.12. The maximum Gasteiger partial charge on any atom is 0.356 e. The Balaban J connectivity index is 2.47. The average molecular weight is 257 g/mol. The quantitative estimate of drug-likeness (QED) is 0.899. The molecule has 2 rings (SSSR count). The largest absolute Gasteiger partial charge is 0.476 e. The van der Waals surface area contributed by atoms with Gasteiger partial charge in [-0.1, -0.05) is 23.2 Å². The highest BCUT2D eigenvalue weighted by molar-refractivity contribution is 6.31. The zero-order valence-electron chi connectivity index (χ0n) is 7.89. The summed E-state index contributed by atoms with van der Waals surface area (Å²) in [6.45, 7) is 0. The van der Waals surface area contributed by atoms with Crippen LogP contribution in [0.3, 0.4) is 0 Å². The molecule has 1 aromatic heterocycles. The summed E-state index contributed by atoms with van der Waals surface area (Å²) in [6, 6.07) is 8.04. The second-order valence-electron chi connectivity index (χ2n) is 3.05. The van der Waals surface area contributed by atoms with E-state index >= 15 is 0 Å².